The molecule has 2 fully saturated rings. The number of benzene rings is 1. The Balaban J connectivity index is 1.35. The molecule has 1 atom stereocenters. The van der Waals surface area contributed by atoms with Crippen LogP contribution in [0.2, 0.25) is 0 Å². The smallest absolute Gasteiger partial charge is 0.273 e. The third-order valence-electron chi connectivity index (χ3n) is 6.12. The van der Waals surface area contributed by atoms with E-state index in [2.05, 4.69) is 51.0 Å². The van der Waals surface area contributed by atoms with Crippen LogP contribution in [0.1, 0.15) is 60.3 Å². The second-order valence-electron chi connectivity index (χ2n) is 8.50. The summed E-state index contributed by atoms with van der Waals surface area (Å²) < 4.78 is 1.85. The Hall–Kier alpha value is -2.25. The van der Waals surface area contributed by atoms with Crippen LogP contribution in [-0.2, 0) is 13.1 Å². The van der Waals surface area contributed by atoms with Gasteiger partial charge in [-0.15, -0.1) is 5.10 Å². The fraction of sp³-hybridized carbons (Fsp3) is 0.591. The van der Waals surface area contributed by atoms with Crippen molar-refractivity contribution < 1.29 is 4.79 Å². The lowest BCUT2D eigenvalue weighted by Crippen LogP contribution is -2.34. The predicted octanol–water partition coefficient (Wildman–Crippen LogP) is 2.36. The number of nitrogens with zero attached hydrogens (tertiary/aromatic N) is 4. The first-order chi connectivity index (χ1) is 14.2. The van der Waals surface area contributed by atoms with Crippen LogP contribution in [0.15, 0.2) is 30.5 Å². The zero-order chi connectivity index (χ0) is 20.1. The van der Waals surface area contributed by atoms with Gasteiger partial charge in [-0.25, -0.2) is 4.68 Å². The lowest BCUT2D eigenvalue weighted by molar-refractivity contribution is 0.0945. The van der Waals surface area contributed by atoms with Crippen molar-refractivity contribution in [2.24, 2.45) is 5.92 Å². The van der Waals surface area contributed by atoms with Crippen molar-refractivity contribution in [2.45, 2.75) is 51.7 Å². The minimum absolute atomic E-state index is 0.161. The molecule has 3 heterocycles. The SMILES string of the molecule is C[C@@H]1CCCN(Cc2ccccc2CNC(=O)c2cn(C3CCNCC3)nn2)C1. The first kappa shape index (κ1) is 20.0. The van der Waals surface area contributed by atoms with E-state index < -0.39 is 0 Å². The maximum absolute atomic E-state index is 12.6. The molecule has 2 saturated heterocycles. The molecule has 156 valence electrons. The van der Waals surface area contributed by atoms with Gasteiger partial charge in [-0.1, -0.05) is 36.4 Å². The van der Waals surface area contributed by atoms with Gasteiger partial charge in [-0.05, 0) is 62.4 Å². The number of amides is 1. The highest BCUT2D eigenvalue weighted by atomic mass is 16.2. The van der Waals surface area contributed by atoms with Crippen LogP contribution in [0.5, 0.6) is 0 Å². The van der Waals surface area contributed by atoms with E-state index in [1.54, 1.807) is 6.20 Å². The lowest BCUT2D eigenvalue weighted by Gasteiger charge is -2.31. The Bertz CT molecular complexity index is 813. The molecule has 1 aromatic carbocycles. The molecule has 2 N–H and O–H groups in total. The highest BCUT2D eigenvalue weighted by Gasteiger charge is 2.20. The fourth-order valence-electron chi connectivity index (χ4n) is 4.45. The Morgan fingerprint density at radius 2 is 2.00 bits per heavy atom. The second-order valence-corrected chi connectivity index (χ2v) is 8.50. The third-order valence-corrected chi connectivity index (χ3v) is 6.12. The summed E-state index contributed by atoms with van der Waals surface area (Å²) in [7, 11) is 0. The number of aromatic nitrogens is 3. The molecule has 2 aliphatic rings. The van der Waals surface area contributed by atoms with Crippen LogP contribution >= 0.6 is 0 Å². The van der Waals surface area contributed by atoms with Crippen molar-refractivity contribution in [1.29, 1.82) is 0 Å². The van der Waals surface area contributed by atoms with E-state index in [4.69, 9.17) is 0 Å². The monoisotopic (exact) mass is 396 g/mol. The summed E-state index contributed by atoms with van der Waals surface area (Å²) in [6.45, 7) is 8.07. The second kappa shape index (κ2) is 9.50. The van der Waals surface area contributed by atoms with Gasteiger partial charge in [-0.2, -0.15) is 0 Å². The molecule has 2 aliphatic heterocycles. The van der Waals surface area contributed by atoms with Crippen molar-refractivity contribution in [3.8, 4) is 0 Å². The summed E-state index contributed by atoms with van der Waals surface area (Å²) in [6.07, 6.45) is 6.42. The number of likely N-dealkylation sites (tertiary alicyclic amines) is 1. The van der Waals surface area contributed by atoms with E-state index in [1.807, 2.05) is 10.7 Å². The number of hydrogen-bond acceptors (Lipinski definition) is 5. The molecule has 0 spiro atoms. The number of hydrogen-bond donors (Lipinski definition) is 2. The van der Waals surface area contributed by atoms with Gasteiger partial charge in [0, 0.05) is 19.6 Å². The largest absolute Gasteiger partial charge is 0.347 e. The van der Waals surface area contributed by atoms with Crippen LogP contribution in [0, 0.1) is 5.92 Å². The van der Waals surface area contributed by atoms with Gasteiger partial charge < -0.3 is 10.6 Å². The average Bonchev–Trinajstić information content (AvgIpc) is 3.24. The van der Waals surface area contributed by atoms with Crippen LogP contribution in [0.3, 0.4) is 0 Å². The van der Waals surface area contributed by atoms with E-state index in [0.29, 0.717) is 18.3 Å². The Labute approximate surface area is 172 Å². The predicted molar refractivity (Wildman–Crippen MR) is 112 cm³/mol. The van der Waals surface area contributed by atoms with Crippen molar-refractivity contribution in [3.05, 3.63) is 47.3 Å². The van der Waals surface area contributed by atoms with E-state index >= 15 is 0 Å². The normalized spacial score (nSPS) is 21.2. The van der Waals surface area contributed by atoms with Crippen LogP contribution in [0.25, 0.3) is 0 Å². The number of nitrogens with one attached hydrogen (secondary N) is 2. The van der Waals surface area contributed by atoms with Gasteiger partial charge in [0.15, 0.2) is 5.69 Å². The van der Waals surface area contributed by atoms with Gasteiger partial charge in [-0.3, -0.25) is 9.69 Å². The molecule has 0 aliphatic carbocycles. The molecule has 0 unspecified atom stereocenters. The highest BCUT2D eigenvalue weighted by molar-refractivity contribution is 5.91. The van der Waals surface area contributed by atoms with Crippen molar-refractivity contribution in [3.63, 3.8) is 0 Å². The molecular weight excluding hydrogens is 364 g/mol. The van der Waals surface area contributed by atoms with E-state index in [-0.39, 0.29) is 5.91 Å². The van der Waals surface area contributed by atoms with Gasteiger partial charge in [0.05, 0.1) is 12.2 Å². The average molecular weight is 397 g/mol. The molecule has 0 saturated carbocycles. The van der Waals surface area contributed by atoms with Crippen molar-refractivity contribution >= 4 is 5.91 Å². The molecule has 0 radical (unpaired) electrons. The third kappa shape index (κ3) is 5.22. The first-order valence-corrected chi connectivity index (χ1v) is 10.9. The Morgan fingerprint density at radius 1 is 1.21 bits per heavy atom. The molecule has 29 heavy (non-hydrogen) atoms. The van der Waals surface area contributed by atoms with E-state index in [9.17, 15) is 4.79 Å². The van der Waals surface area contributed by atoms with Crippen molar-refractivity contribution in [2.75, 3.05) is 26.2 Å². The topological polar surface area (TPSA) is 75.1 Å². The minimum Gasteiger partial charge on any atom is -0.347 e. The van der Waals surface area contributed by atoms with Crippen LogP contribution < -0.4 is 10.6 Å². The van der Waals surface area contributed by atoms with Gasteiger partial charge >= 0.3 is 0 Å². The summed E-state index contributed by atoms with van der Waals surface area (Å²) in [5.74, 6) is 0.602. The summed E-state index contributed by atoms with van der Waals surface area (Å²) in [6, 6.07) is 8.73. The maximum Gasteiger partial charge on any atom is 0.273 e. The lowest BCUT2D eigenvalue weighted by atomic mass is 9.99. The minimum atomic E-state index is -0.161. The van der Waals surface area contributed by atoms with E-state index in [1.165, 1.54) is 24.0 Å². The number of carbonyl (C=O) groups is 1. The standard InChI is InChI=1S/C22H32N6O/c1-17-5-4-12-27(14-17)15-19-7-3-2-6-18(19)13-24-22(29)21-16-28(26-25-21)20-8-10-23-11-9-20/h2-3,6-7,16-17,20,23H,4-5,8-15H2,1H3,(H,24,29)/t17-/m1/s1. The number of carbonyl (C=O) groups excluding carboxylic acids is 1. The molecule has 0 bridgehead atoms. The summed E-state index contributed by atoms with van der Waals surface area (Å²) >= 11 is 0. The Morgan fingerprint density at radius 3 is 2.79 bits per heavy atom. The maximum atomic E-state index is 12.6. The highest BCUT2D eigenvalue weighted by Crippen LogP contribution is 2.20. The van der Waals surface area contributed by atoms with Gasteiger partial charge in [0.2, 0.25) is 0 Å². The van der Waals surface area contributed by atoms with E-state index in [0.717, 1.165) is 51.5 Å². The number of rotatable bonds is 6. The molecular formula is C22H32N6O. The molecule has 7 heteroatoms. The molecule has 2 aromatic rings. The molecule has 4 rings (SSSR count). The van der Waals surface area contributed by atoms with Crippen LogP contribution in [0.4, 0.5) is 0 Å². The summed E-state index contributed by atoms with van der Waals surface area (Å²) in [5.41, 5.74) is 2.86. The van der Waals surface area contributed by atoms with Gasteiger partial charge in [0.25, 0.3) is 5.91 Å². The van der Waals surface area contributed by atoms with Crippen LogP contribution in [-0.4, -0.2) is 52.0 Å². The molecule has 7 nitrogen and oxygen atoms in total. The summed E-state index contributed by atoms with van der Waals surface area (Å²) in [5, 5.41) is 14.7. The molecule has 1 aromatic heterocycles. The number of piperidine rings is 2. The summed E-state index contributed by atoms with van der Waals surface area (Å²) in [4.78, 5) is 15.1. The first-order valence-electron chi connectivity index (χ1n) is 10.9. The molecule has 1 amide bonds. The van der Waals surface area contributed by atoms with Crippen molar-refractivity contribution in [1.82, 2.24) is 30.5 Å². The zero-order valence-electron chi connectivity index (χ0n) is 17.3. The quantitative estimate of drug-likeness (QED) is 0.784. The van der Waals surface area contributed by atoms with Gasteiger partial charge in [0.1, 0.15) is 0 Å². The Kier molecular flexibility index (Phi) is 6.56. The fourth-order valence-corrected chi connectivity index (χ4v) is 4.45. The zero-order valence-corrected chi connectivity index (χ0v) is 17.3.